The molecule has 6 rings (SSSR count). The lowest BCUT2D eigenvalue weighted by atomic mass is 9.82. The van der Waals surface area contributed by atoms with Crippen molar-refractivity contribution in [1.82, 2.24) is 4.90 Å². The molecule has 0 bridgehead atoms. The van der Waals surface area contributed by atoms with Crippen molar-refractivity contribution < 1.29 is 9.47 Å². The summed E-state index contributed by atoms with van der Waals surface area (Å²) in [6, 6.07) is 43.1. The number of fused-ring (bicyclic) bond motifs is 3. The minimum Gasteiger partial charge on any atom is -0.497 e. The first-order valence-electron chi connectivity index (χ1n) is 13.6. The first-order chi connectivity index (χ1) is 20.2. The number of nitriles is 1. The van der Waals surface area contributed by atoms with Gasteiger partial charge in [-0.3, -0.25) is 0 Å². The molecule has 0 saturated heterocycles. The number of aliphatic imine (C=N–C) groups is 1. The number of hydrogen-bond acceptors (Lipinski definition) is 4. The summed E-state index contributed by atoms with van der Waals surface area (Å²) < 4.78 is 11.9. The maximum absolute atomic E-state index is 10.5. The molecule has 0 fully saturated rings. The fraction of sp³-hybridized carbons (Fsp3) is 0.111. The van der Waals surface area contributed by atoms with Gasteiger partial charge >= 0.3 is 0 Å². The third-order valence-corrected chi connectivity index (χ3v) is 7.30. The van der Waals surface area contributed by atoms with Crippen molar-refractivity contribution in [2.75, 3.05) is 7.11 Å². The van der Waals surface area contributed by atoms with Gasteiger partial charge in [0, 0.05) is 24.0 Å². The van der Waals surface area contributed by atoms with E-state index in [9.17, 15) is 5.26 Å². The normalized spacial score (nSPS) is 14.4. The molecule has 5 heteroatoms. The van der Waals surface area contributed by atoms with Gasteiger partial charge in [0.25, 0.3) is 0 Å². The highest BCUT2D eigenvalue weighted by molar-refractivity contribution is 5.91. The molecular formula is C36H29N3O2. The molecule has 0 spiro atoms. The van der Waals surface area contributed by atoms with Crippen molar-refractivity contribution in [3.63, 3.8) is 0 Å². The van der Waals surface area contributed by atoms with Crippen molar-refractivity contribution >= 4 is 17.1 Å². The monoisotopic (exact) mass is 535 g/mol. The van der Waals surface area contributed by atoms with E-state index in [-0.39, 0.29) is 5.92 Å². The Morgan fingerprint density at radius 3 is 2.07 bits per heavy atom. The average Bonchev–Trinajstić information content (AvgIpc) is 3.04. The molecule has 1 unspecified atom stereocenters. The quantitative estimate of drug-likeness (QED) is 0.150. The van der Waals surface area contributed by atoms with Crippen LogP contribution in [-0.2, 0) is 13.1 Å². The molecule has 200 valence electrons. The van der Waals surface area contributed by atoms with Crippen molar-refractivity contribution in [3.05, 3.63) is 155 Å². The molecule has 0 aliphatic carbocycles. The summed E-state index contributed by atoms with van der Waals surface area (Å²) in [6.45, 7) is 1.33. The van der Waals surface area contributed by atoms with Gasteiger partial charge in [0.15, 0.2) is 0 Å². The van der Waals surface area contributed by atoms with E-state index in [1.54, 1.807) is 13.4 Å². The van der Waals surface area contributed by atoms with Crippen LogP contribution in [0.4, 0.5) is 0 Å². The molecule has 0 aromatic heterocycles. The summed E-state index contributed by atoms with van der Waals surface area (Å²) in [6.07, 6.45) is 1.80. The maximum Gasteiger partial charge on any atom is 0.235 e. The molecule has 0 amide bonds. The van der Waals surface area contributed by atoms with Crippen molar-refractivity contribution in [2.24, 2.45) is 4.99 Å². The maximum atomic E-state index is 10.5. The highest BCUT2D eigenvalue weighted by Gasteiger charge is 2.32. The zero-order chi connectivity index (χ0) is 28.0. The standard InChI is InChI=1S/C36H29N3O2/c1-40-30-19-16-29(17-20-30)34-32-21-18-28-14-8-9-15-31(28)35(32)41-36(33(34)22-37)38-25-39(23-26-10-4-2-5-11-26)24-27-12-6-3-7-13-27/h2-21,25,34H,23-24H2,1H3/b38-25+. The van der Waals surface area contributed by atoms with E-state index in [0.717, 1.165) is 33.4 Å². The van der Waals surface area contributed by atoms with Crippen LogP contribution < -0.4 is 9.47 Å². The Morgan fingerprint density at radius 2 is 1.44 bits per heavy atom. The number of allylic oxidation sites excluding steroid dienone is 1. The minimum absolute atomic E-state index is 0.309. The van der Waals surface area contributed by atoms with Gasteiger partial charge in [-0.1, -0.05) is 109 Å². The molecule has 41 heavy (non-hydrogen) atoms. The third kappa shape index (κ3) is 5.54. The van der Waals surface area contributed by atoms with Crippen LogP contribution in [0.1, 0.15) is 28.2 Å². The van der Waals surface area contributed by atoms with Crippen LogP contribution in [0.3, 0.4) is 0 Å². The Kier molecular flexibility index (Phi) is 7.46. The second-order valence-electron chi connectivity index (χ2n) is 9.96. The average molecular weight is 536 g/mol. The Bertz CT molecular complexity index is 1710. The van der Waals surface area contributed by atoms with E-state index < -0.39 is 0 Å². The van der Waals surface area contributed by atoms with E-state index in [4.69, 9.17) is 14.5 Å². The molecule has 5 nitrogen and oxygen atoms in total. The lowest BCUT2D eigenvalue weighted by Gasteiger charge is -2.28. The molecule has 5 aromatic rings. The molecule has 5 aromatic carbocycles. The zero-order valence-corrected chi connectivity index (χ0v) is 22.8. The van der Waals surface area contributed by atoms with Crippen LogP contribution in [0.25, 0.3) is 10.8 Å². The fourth-order valence-corrected chi connectivity index (χ4v) is 5.29. The predicted molar refractivity (Wildman–Crippen MR) is 163 cm³/mol. The van der Waals surface area contributed by atoms with E-state index in [0.29, 0.717) is 24.5 Å². The first kappa shape index (κ1) is 25.9. The van der Waals surface area contributed by atoms with E-state index in [1.807, 2.05) is 72.8 Å². The van der Waals surface area contributed by atoms with Gasteiger partial charge in [0.05, 0.1) is 19.4 Å². The smallest absolute Gasteiger partial charge is 0.235 e. The molecule has 0 saturated carbocycles. The number of benzene rings is 5. The topological polar surface area (TPSA) is 57.8 Å². The van der Waals surface area contributed by atoms with E-state index >= 15 is 0 Å². The van der Waals surface area contributed by atoms with Gasteiger partial charge in [-0.15, -0.1) is 0 Å². The highest BCUT2D eigenvalue weighted by Crippen LogP contribution is 2.46. The molecule has 1 atom stereocenters. The van der Waals surface area contributed by atoms with Crippen LogP contribution in [0.5, 0.6) is 11.5 Å². The van der Waals surface area contributed by atoms with Gasteiger partial charge < -0.3 is 14.4 Å². The SMILES string of the molecule is COc1ccc(C2C(C#N)=C(/N=C/N(Cc3ccccc3)Cc3ccccc3)Oc3c2ccc2ccccc32)cc1. The third-order valence-electron chi connectivity index (χ3n) is 7.30. The first-order valence-corrected chi connectivity index (χ1v) is 13.6. The Balaban J connectivity index is 1.44. The minimum atomic E-state index is -0.330. The molecule has 1 heterocycles. The Morgan fingerprint density at radius 1 is 0.805 bits per heavy atom. The molecular weight excluding hydrogens is 506 g/mol. The second-order valence-corrected chi connectivity index (χ2v) is 9.96. The predicted octanol–water partition coefficient (Wildman–Crippen LogP) is 7.84. The molecule has 1 aliphatic rings. The van der Waals surface area contributed by atoms with Crippen molar-refractivity contribution in [3.8, 4) is 17.6 Å². The van der Waals surface area contributed by atoms with Gasteiger partial charge in [-0.2, -0.15) is 5.26 Å². The fourth-order valence-electron chi connectivity index (χ4n) is 5.29. The highest BCUT2D eigenvalue weighted by atomic mass is 16.5. The number of ether oxygens (including phenoxy) is 2. The van der Waals surface area contributed by atoms with Gasteiger partial charge in [-0.25, -0.2) is 4.99 Å². The van der Waals surface area contributed by atoms with Gasteiger partial charge in [0.1, 0.15) is 23.1 Å². The van der Waals surface area contributed by atoms with Crippen LogP contribution in [0.2, 0.25) is 0 Å². The van der Waals surface area contributed by atoms with Crippen LogP contribution in [-0.4, -0.2) is 18.3 Å². The Labute approximate surface area is 240 Å². The lowest BCUT2D eigenvalue weighted by molar-refractivity contribution is 0.387. The summed E-state index contributed by atoms with van der Waals surface area (Å²) in [4.78, 5) is 6.99. The number of hydrogen-bond donors (Lipinski definition) is 0. The molecule has 0 N–H and O–H groups in total. The van der Waals surface area contributed by atoms with Crippen molar-refractivity contribution in [1.29, 1.82) is 5.26 Å². The summed E-state index contributed by atoms with van der Waals surface area (Å²) in [7, 11) is 1.65. The van der Waals surface area contributed by atoms with Gasteiger partial charge in [0.2, 0.25) is 5.88 Å². The Hall–Kier alpha value is -5.34. The second kappa shape index (κ2) is 11.8. The zero-order valence-electron chi connectivity index (χ0n) is 22.8. The van der Waals surface area contributed by atoms with Crippen molar-refractivity contribution in [2.45, 2.75) is 19.0 Å². The number of nitrogens with zero attached hydrogens (tertiary/aromatic N) is 3. The van der Waals surface area contributed by atoms with Crippen LogP contribution >= 0.6 is 0 Å². The van der Waals surface area contributed by atoms with E-state index in [1.165, 1.54) is 11.1 Å². The summed E-state index contributed by atoms with van der Waals surface area (Å²) in [5, 5.41) is 12.5. The largest absolute Gasteiger partial charge is 0.497 e. The van der Waals surface area contributed by atoms with Crippen LogP contribution in [0.15, 0.2) is 138 Å². The van der Waals surface area contributed by atoms with Crippen LogP contribution in [0, 0.1) is 11.3 Å². The lowest BCUT2D eigenvalue weighted by Crippen LogP contribution is -2.22. The number of methoxy groups -OCH3 is 1. The molecule has 0 radical (unpaired) electrons. The summed E-state index contributed by atoms with van der Waals surface area (Å²) >= 11 is 0. The summed E-state index contributed by atoms with van der Waals surface area (Å²) in [5.41, 5.74) is 4.71. The molecule has 1 aliphatic heterocycles. The number of rotatable bonds is 8. The van der Waals surface area contributed by atoms with E-state index in [2.05, 4.69) is 59.5 Å². The summed E-state index contributed by atoms with van der Waals surface area (Å²) in [5.74, 6) is 1.47. The van der Waals surface area contributed by atoms with Gasteiger partial charge in [-0.05, 0) is 34.2 Å².